The van der Waals surface area contributed by atoms with E-state index in [0.29, 0.717) is 5.88 Å². The highest BCUT2D eigenvalue weighted by Crippen LogP contribution is 2.11. The lowest BCUT2D eigenvalue weighted by molar-refractivity contribution is 0.0691. The highest BCUT2D eigenvalue weighted by atomic mass is 32.1. The zero-order valence-electron chi connectivity index (χ0n) is 10.5. The zero-order chi connectivity index (χ0) is 14.5. The average Bonchev–Trinajstić information content (AvgIpc) is 2.95. The Morgan fingerprint density at radius 1 is 1.50 bits per heavy atom. The maximum atomic E-state index is 11.8. The number of aromatic carboxylic acids is 1. The van der Waals surface area contributed by atoms with Crippen LogP contribution in [-0.4, -0.2) is 34.1 Å². The standard InChI is InChI=1S/C12H11N3O4S/c1-19-9-4-7(2-3-13-9)5-14-10(16)11-15-8(6-20-11)12(17)18/h2-4,6H,5H2,1H3,(H,14,16)(H,17,18). The molecule has 2 aromatic rings. The van der Waals surface area contributed by atoms with E-state index in [-0.39, 0.29) is 17.2 Å². The summed E-state index contributed by atoms with van der Waals surface area (Å²) in [7, 11) is 1.51. The summed E-state index contributed by atoms with van der Waals surface area (Å²) in [4.78, 5) is 30.2. The minimum Gasteiger partial charge on any atom is -0.481 e. The fourth-order valence-corrected chi connectivity index (χ4v) is 2.11. The number of amides is 1. The van der Waals surface area contributed by atoms with E-state index in [1.165, 1.54) is 12.5 Å². The molecule has 2 heterocycles. The van der Waals surface area contributed by atoms with Crippen molar-refractivity contribution in [3.05, 3.63) is 40.0 Å². The molecular formula is C12H11N3O4S. The van der Waals surface area contributed by atoms with Crippen LogP contribution in [0.4, 0.5) is 0 Å². The number of carbonyl (C=O) groups excluding carboxylic acids is 1. The van der Waals surface area contributed by atoms with Crippen molar-refractivity contribution in [2.24, 2.45) is 0 Å². The van der Waals surface area contributed by atoms with Gasteiger partial charge >= 0.3 is 5.97 Å². The van der Waals surface area contributed by atoms with Crippen molar-refractivity contribution in [2.45, 2.75) is 6.54 Å². The van der Waals surface area contributed by atoms with Gasteiger partial charge < -0.3 is 15.2 Å². The number of carboxylic acid groups (broad SMARTS) is 1. The van der Waals surface area contributed by atoms with Gasteiger partial charge in [-0.3, -0.25) is 4.79 Å². The summed E-state index contributed by atoms with van der Waals surface area (Å²) in [5.41, 5.74) is 0.686. The largest absolute Gasteiger partial charge is 0.481 e. The molecule has 0 atom stereocenters. The molecule has 2 aromatic heterocycles. The topological polar surface area (TPSA) is 101 Å². The Kier molecular flexibility index (Phi) is 4.26. The molecule has 20 heavy (non-hydrogen) atoms. The fraction of sp³-hybridized carbons (Fsp3) is 0.167. The highest BCUT2D eigenvalue weighted by molar-refractivity contribution is 7.11. The first-order chi connectivity index (χ1) is 9.60. The molecule has 0 bridgehead atoms. The zero-order valence-corrected chi connectivity index (χ0v) is 11.3. The van der Waals surface area contributed by atoms with Crippen LogP contribution in [0.3, 0.4) is 0 Å². The first-order valence-electron chi connectivity index (χ1n) is 5.56. The van der Waals surface area contributed by atoms with Crippen LogP contribution in [-0.2, 0) is 6.54 Å². The molecule has 0 aliphatic rings. The maximum absolute atomic E-state index is 11.8. The number of nitrogens with one attached hydrogen (secondary N) is 1. The van der Waals surface area contributed by atoms with Gasteiger partial charge in [0.25, 0.3) is 5.91 Å². The van der Waals surface area contributed by atoms with Gasteiger partial charge in [-0.2, -0.15) is 0 Å². The van der Waals surface area contributed by atoms with Crippen LogP contribution in [0.5, 0.6) is 5.88 Å². The van der Waals surface area contributed by atoms with Gasteiger partial charge in [0.1, 0.15) is 0 Å². The molecule has 0 aromatic carbocycles. The van der Waals surface area contributed by atoms with E-state index in [9.17, 15) is 9.59 Å². The Morgan fingerprint density at radius 3 is 2.95 bits per heavy atom. The van der Waals surface area contributed by atoms with Gasteiger partial charge in [0.2, 0.25) is 5.88 Å². The molecule has 1 amide bonds. The number of hydrogen-bond donors (Lipinski definition) is 2. The van der Waals surface area contributed by atoms with Crippen LogP contribution in [0.15, 0.2) is 23.7 Å². The van der Waals surface area contributed by atoms with Crippen molar-refractivity contribution >= 4 is 23.2 Å². The third-order valence-corrected chi connectivity index (χ3v) is 3.22. The number of hydrogen-bond acceptors (Lipinski definition) is 6. The number of thiazole rings is 1. The molecular weight excluding hydrogens is 282 g/mol. The number of carbonyl (C=O) groups is 2. The van der Waals surface area contributed by atoms with Gasteiger partial charge in [0.15, 0.2) is 10.7 Å². The van der Waals surface area contributed by atoms with E-state index < -0.39 is 11.9 Å². The molecule has 0 unspecified atom stereocenters. The first-order valence-corrected chi connectivity index (χ1v) is 6.44. The molecule has 7 nitrogen and oxygen atoms in total. The summed E-state index contributed by atoms with van der Waals surface area (Å²) in [5, 5.41) is 12.8. The summed E-state index contributed by atoms with van der Waals surface area (Å²) in [6.07, 6.45) is 1.58. The first kappa shape index (κ1) is 13.9. The summed E-state index contributed by atoms with van der Waals surface area (Å²) in [6, 6.07) is 3.44. The van der Waals surface area contributed by atoms with Crippen molar-refractivity contribution in [2.75, 3.05) is 7.11 Å². The van der Waals surface area contributed by atoms with E-state index in [0.717, 1.165) is 16.9 Å². The number of nitrogens with zero attached hydrogens (tertiary/aromatic N) is 2. The number of rotatable bonds is 5. The van der Waals surface area contributed by atoms with Crippen molar-refractivity contribution < 1.29 is 19.4 Å². The van der Waals surface area contributed by atoms with E-state index in [4.69, 9.17) is 9.84 Å². The number of pyridine rings is 1. The van der Waals surface area contributed by atoms with Gasteiger partial charge in [-0.1, -0.05) is 0 Å². The minimum absolute atomic E-state index is 0.114. The van der Waals surface area contributed by atoms with E-state index in [1.807, 2.05) is 0 Å². The van der Waals surface area contributed by atoms with Gasteiger partial charge in [-0.05, 0) is 11.6 Å². The lowest BCUT2D eigenvalue weighted by Gasteiger charge is -2.04. The fourth-order valence-electron chi connectivity index (χ4n) is 1.41. The predicted molar refractivity (Wildman–Crippen MR) is 71.0 cm³/mol. The minimum atomic E-state index is -1.15. The molecule has 0 aliphatic heterocycles. The molecule has 0 fully saturated rings. The molecule has 0 radical (unpaired) electrons. The van der Waals surface area contributed by atoms with Gasteiger partial charge in [-0.25, -0.2) is 14.8 Å². The molecule has 104 valence electrons. The smallest absolute Gasteiger partial charge is 0.355 e. The number of methoxy groups -OCH3 is 1. The third kappa shape index (κ3) is 3.29. The molecule has 8 heteroatoms. The van der Waals surface area contributed by atoms with Crippen molar-refractivity contribution in [1.82, 2.24) is 15.3 Å². The van der Waals surface area contributed by atoms with E-state index in [2.05, 4.69) is 15.3 Å². The van der Waals surface area contributed by atoms with Gasteiger partial charge in [-0.15, -0.1) is 11.3 Å². The second-order valence-corrected chi connectivity index (χ2v) is 4.59. The normalized spacial score (nSPS) is 10.1. The third-order valence-electron chi connectivity index (χ3n) is 2.38. The van der Waals surface area contributed by atoms with Crippen LogP contribution in [0, 0.1) is 0 Å². The van der Waals surface area contributed by atoms with Crippen molar-refractivity contribution in [1.29, 1.82) is 0 Å². The SMILES string of the molecule is COc1cc(CNC(=O)c2nc(C(=O)O)cs2)ccn1. The number of ether oxygens (including phenoxy) is 1. The number of carboxylic acids is 1. The molecule has 2 N–H and O–H groups in total. The van der Waals surface area contributed by atoms with Crippen LogP contribution < -0.4 is 10.1 Å². The Labute approximate surface area is 118 Å². The van der Waals surface area contributed by atoms with Gasteiger partial charge in [0, 0.05) is 24.2 Å². The van der Waals surface area contributed by atoms with Crippen molar-refractivity contribution in [3.63, 3.8) is 0 Å². The van der Waals surface area contributed by atoms with Crippen LogP contribution in [0.2, 0.25) is 0 Å². The molecule has 0 saturated carbocycles. The molecule has 2 rings (SSSR count). The second-order valence-electron chi connectivity index (χ2n) is 3.73. The number of aromatic nitrogens is 2. The summed E-state index contributed by atoms with van der Waals surface area (Å²) >= 11 is 0.988. The maximum Gasteiger partial charge on any atom is 0.355 e. The average molecular weight is 293 g/mol. The summed E-state index contributed by atoms with van der Waals surface area (Å²) in [6.45, 7) is 0.277. The van der Waals surface area contributed by atoms with Crippen LogP contribution in [0.1, 0.15) is 25.9 Å². The van der Waals surface area contributed by atoms with E-state index >= 15 is 0 Å². The lowest BCUT2D eigenvalue weighted by atomic mass is 10.2. The Morgan fingerprint density at radius 2 is 2.30 bits per heavy atom. The van der Waals surface area contributed by atoms with Crippen LogP contribution >= 0.6 is 11.3 Å². The Bertz CT molecular complexity index is 641. The van der Waals surface area contributed by atoms with E-state index in [1.54, 1.807) is 18.3 Å². The lowest BCUT2D eigenvalue weighted by Crippen LogP contribution is -2.22. The van der Waals surface area contributed by atoms with Crippen molar-refractivity contribution in [3.8, 4) is 5.88 Å². The van der Waals surface area contributed by atoms with Gasteiger partial charge in [0.05, 0.1) is 7.11 Å². The Hall–Kier alpha value is -2.48. The molecule has 0 saturated heterocycles. The summed E-state index contributed by atoms with van der Waals surface area (Å²) < 4.78 is 4.98. The quantitative estimate of drug-likeness (QED) is 0.858. The predicted octanol–water partition coefficient (Wildman–Crippen LogP) is 1.17. The Balaban J connectivity index is 1.98. The van der Waals surface area contributed by atoms with Crippen LogP contribution in [0.25, 0.3) is 0 Å². The highest BCUT2D eigenvalue weighted by Gasteiger charge is 2.14. The summed E-state index contributed by atoms with van der Waals surface area (Å²) in [5.74, 6) is -1.11. The molecule has 0 aliphatic carbocycles. The molecule has 0 spiro atoms. The monoisotopic (exact) mass is 293 g/mol. The second kappa shape index (κ2) is 6.11.